The van der Waals surface area contributed by atoms with Gasteiger partial charge in [-0.05, 0) is 32.9 Å². The molecule has 1 aliphatic rings. The molecule has 2 nitrogen and oxygen atoms in total. The van der Waals surface area contributed by atoms with E-state index in [1.54, 1.807) is 11.3 Å². The van der Waals surface area contributed by atoms with Crippen LogP contribution in [0.5, 0.6) is 0 Å². The molecule has 13 heavy (non-hydrogen) atoms. The third kappa shape index (κ3) is 2.02. The van der Waals surface area contributed by atoms with Crippen molar-refractivity contribution in [2.45, 2.75) is 6.04 Å². The van der Waals surface area contributed by atoms with Crippen molar-refractivity contribution in [1.82, 2.24) is 5.32 Å². The van der Waals surface area contributed by atoms with Gasteiger partial charge in [0.25, 0.3) is 0 Å². The molecule has 70 valence electrons. The molecule has 0 aliphatic carbocycles. The Labute approximate surface area is 90.0 Å². The van der Waals surface area contributed by atoms with E-state index in [2.05, 4.69) is 38.8 Å². The lowest BCUT2D eigenvalue weighted by atomic mass is 10.1. The fourth-order valence-electron chi connectivity index (χ4n) is 1.43. The number of thiophene rings is 1. The zero-order valence-electron chi connectivity index (χ0n) is 7.09. The Kier molecular flexibility index (Phi) is 2.83. The molecule has 0 amide bonds. The fourth-order valence-corrected chi connectivity index (χ4v) is 3.08. The molecular weight excluding hydrogens is 248 g/mol. The highest BCUT2D eigenvalue weighted by molar-refractivity contribution is 9.10. The van der Waals surface area contributed by atoms with Crippen molar-refractivity contribution in [3.05, 3.63) is 26.9 Å². The summed E-state index contributed by atoms with van der Waals surface area (Å²) in [6.07, 6.45) is 2.15. The second kappa shape index (κ2) is 3.92. The molecule has 0 aromatic carbocycles. The molecule has 0 saturated heterocycles. The van der Waals surface area contributed by atoms with Crippen molar-refractivity contribution in [2.24, 2.45) is 5.73 Å². The number of hydrogen-bond donors (Lipinski definition) is 2. The second-order valence-corrected chi connectivity index (χ2v) is 4.85. The Morgan fingerprint density at radius 1 is 1.62 bits per heavy atom. The number of nitrogens with one attached hydrogen (secondary N) is 1. The van der Waals surface area contributed by atoms with Crippen molar-refractivity contribution >= 4 is 32.8 Å². The summed E-state index contributed by atoms with van der Waals surface area (Å²) >= 11 is 5.27. The number of rotatable bonds is 1. The van der Waals surface area contributed by atoms with Crippen LogP contribution in [0.2, 0.25) is 0 Å². The number of nitrogens with two attached hydrogens (primary N) is 1. The summed E-state index contributed by atoms with van der Waals surface area (Å²) < 4.78 is 1.17. The van der Waals surface area contributed by atoms with Crippen LogP contribution in [0.15, 0.2) is 22.0 Å². The topological polar surface area (TPSA) is 38.0 Å². The van der Waals surface area contributed by atoms with Crippen LogP contribution in [0.3, 0.4) is 0 Å². The van der Waals surface area contributed by atoms with Crippen molar-refractivity contribution in [2.75, 3.05) is 13.1 Å². The summed E-state index contributed by atoms with van der Waals surface area (Å²) in [5.41, 5.74) is 7.14. The van der Waals surface area contributed by atoms with E-state index in [4.69, 9.17) is 5.73 Å². The van der Waals surface area contributed by atoms with Gasteiger partial charge in [-0.2, -0.15) is 0 Å². The highest BCUT2D eigenvalue weighted by Gasteiger charge is 2.13. The average Bonchev–Trinajstić information content (AvgIpc) is 2.51. The smallest absolute Gasteiger partial charge is 0.0454 e. The van der Waals surface area contributed by atoms with Crippen LogP contribution in [0.1, 0.15) is 4.88 Å². The van der Waals surface area contributed by atoms with Crippen molar-refractivity contribution in [3.63, 3.8) is 0 Å². The first-order valence-electron chi connectivity index (χ1n) is 4.18. The average molecular weight is 259 g/mol. The standard InChI is InChI=1S/C9H11BrN2S/c10-8-1-2-13-9(8)6-3-7(11)5-12-4-6/h1-3,7,12H,4-5,11H2. The normalized spacial score (nSPS) is 22.9. The lowest BCUT2D eigenvalue weighted by Crippen LogP contribution is -2.37. The maximum Gasteiger partial charge on any atom is 0.0454 e. The molecule has 4 heteroatoms. The van der Waals surface area contributed by atoms with Crippen molar-refractivity contribution in [3.8, 4) is 0 Å². The molecule has 0 spiro atoms. The van der Waals surface area contributed by atoms with Crippen LogP contribution in [-0.2, 0) is 0 Å². The maximum atomic E-state index is 5.83. The van der Waals surface area contributed by atoms with E-state index < -0.39 is 0 Å². The molecule has 1 atom stereocenters. The van der Waals surface area contributed by atoms with E-state index in [9.17, 15) is 0 Å². The first kappa shape index (κ1) is 9.40. The molecule has 2 heterocycles. The predicted octanol–water partition coefficient (Wildman–Crippen LogP) is 1.82. The van der Waals surface area contributed by atoms with E-state index in [1.807, 2.05) is 0 Å². The van der Waals surface area contributed by atoms with Gasteiger partial charge in [-0.15, -0.1) is 11.3 Å². The lowest BCUT2D eigenvalue weighted by Gasteiger charge is -2.18. The van der Waals surface area contributed by atoms with Gasteiger partial charge in [0.1, 0.15) is 0 Å². The predicted molar refractivity (Wildman–Crippen MR) is 60.8 cm³/mol. The third-order valence-electron chi connectivity index (χ3n) is 2.02. The van der Waals surface area contributed by atoms with E-state index in [0.717, 1.165) is 13.1 Å². The Hall–Kier alpha value is -0.160. The van der Waals surface area contributed by atoms with Gasteiger partial charge in [0.15, 0.2) is 0 Å². The quantitative estimate of drug-likeness (QED) is 0.807. The van der Waals surface area contributed by atoms with Gasteiger partial charge in [0, 0.05) is 28.5 Å². The van der Waals surface area contributed by atoms with Gasteiger partial charge in [0.2, 0.25) is 0 Å². The molecule has 1 aliphatic heterocycles. The summed E-state index contributed by atoms with van der Waals surface area (Å²) in [4.78, 5) is 1.29. The van der Waals surface area contributed by atoms with E-state index in [1.165, 1.54) is 14.9 Å². The van der Waals surface area contributed by atoms with Crippen LogP contribution in [0.25, 0.3) is 5.57 Å². The minimum atomic E-state index is 0.151. The molecule has 0 bridgehead atoms. The summed E-state index contributed by atoms with van der Waals surface area (Å²) in [6.45, 7) is 1.80. The number of halogens is 1. The third-order valence-corrected chi connectivity index (χ3v) is 3.93. The maximum absolute atomic E-state index is 5.83. The van der Waals surface area contributed by atoms with Crippen molar-refractivity contribution < 1.29 is 0 Å². The summed E-state index contributed by atoms with van der Waals surface area (Å²) in [7, 11) is 0. The summed E-state index contributed by atoms with van der Waals surface area (Å²) in [6, 6.07) is 2.22. The molecule has 1 unspecified atom stereocenters. The van der Waals surface area contributed by atoms with Crippen LogP contribution in [-0.4, -0.2) is 19.1 Å². The van der Waals surface area contributed by atoms with E-state index in [0.29, 0.717) is 0 Å². The Balaban J connectivity index is 2.30. The van der Waals surface area contributed by atoms with Gasteiger partial charge in [0.05, 0.1) is 0 Å². The first-order valence-corrected chi connectivity index (χ1v) is 5.85. The Morgan fingerprint density at radius 3 is 3.08 bits per heavy atom. The zero-order valence-corrected chi connectivity index (χ0v) is 9.49. The minimum Gasteiger partial charge on any atom is -0.323 e. The molecule has 0 fully saturated rings. The molecular formula is C9H11BrN2S. The lowest BCUT2D eigenvalue weighted by molar-refractivity contribution is 0.663. The van der Waals surface area contributed by atoms with Crippen LogP contribution >= 0.6 is 27.3 Å². The van der Waals surface area contributed by atoms with Gasteiger partial charge in [-0.25, -0.2) is 0 Å². The van der Waals surface area contributed by atoms with E-state index >= 15 is 0 Å². The van der Waals surface area contributed by atoms with Crippen LogP contribution < -0.4 is 11.1 Å². The summed E-state index contributed by atoms with van der Waals surface area (Å²) in [5.74, 6) is 0. The molecule has 3 N–H and O–H groups in total. The molecule has 0 radical (unpaired) electrons. The van der Waals surface area contributed by atoms with Crippen LogP contribution in [0, 0.1) is 0 Å². The van der Waals surface area contributed by atoms with Gasteiger partial charge in [-0.3, -0.25) is 0 Å². The highest BCUT2D eigenvalue weighted by atomic mass is 79.9. The highest BCUT2D eigenvalue weighted by Crippen LogP contribution is 2.30. The largest absolute Gasteiger partial charge is 0.323 e. The number of hydrogen-bond acceptors (Lipinski definition) is 3. The first-order chi connectivity index (χ1) is 6.27. The Morgan fingerprint density at radius 2 is 2.46 bits per heavy atom. The Bertz CT molecular complexity index is 332. The zero-order chi connectivity index (χ0) is 9.26. The molecule has 0 saturated carbocycles. The van der Waals surface area contributed by atoms with Gasteiger partial charge in [-0.1, -0.05) is 6.08 Å². The van der Waals surface area contributed by atoms with E-state index in [-0.39, 0.29) is 6.04 Å². The minimum absolute atomic E-state index is 0.151. The van der Waals surface area contributed by atoms with Gasteiger partial charge >= 0.3 is 0 Å². The SMILES string of the molecule is NC1C=C(c2sccc2Br)CNC1. The van der Waals surface area contributed by atoms with Gasteiger partial charge < -0.3 is 11.1 Å². The monoisotopic (exact) mass is 258 g/mol. The van der Waals surface area contributed by atoms with Crippen LogP contribution in [0.4, 0.5) is 0 Å². The second-order valence-electron chi connectivity index (χ2n) is 3.08. The fraction of sp³-hybridized carbons (Fsp3) is 0.333. The molecule has 1 aromatic rings. The molecule has 1 aromatic heterocycles. The molecule has 2 rings (SSSR count). The summed E-state index contributed by atoms with van der Waals surface area (Å²) in [5, 5.41) is 5.38. The van der Waals surface area contributed by atoms with Crippen molar-refractivity contribution in [1.29, 1.82) is 0 Å².